The largest absolute Gasteiger partial charge is 0.444 e. The van der Waals surface area contributed by atoms with Crippen molar-refractivity contribution in [1.82, 2.24) is 10.3 Å². The molecule has 0 bridgehead atoms. The number of aryl methyl sites for hydroxylation is 2. The molecule has 0 amide bonds. The molecule has 0 spiro atoms. The fraction of sp³-hybridized carbons (Fsp3) is 0.727. The van der Waals surface area contributed by atoms with E-state index in [4.69, 9.17) is 4.42 Å². The molecule has 1 aromatic heterocycles. The van der Waals surface area contributed by atoms with Crippen LogP contribution in [0.2, 0.25) is 0 Å². The highest BCUT2D eigenvalue weighted by atomic mass is 32.2. The molecule has 2 heterocycles. The normalized spacial score (nSPS) is 21.1. The molecule has 1 N–H and O–H groups in total. The van der Waals surface area contributed by atoms with Crippen molar-refractivity contribution in [3.8, 4) is 0 Å². The van der Waals surface area contributed by atoms with Crippen molar-refractivity contribution in [3.05, 3.63) is 17.3 Å². The highest BCUT2D eigenvalue weighted by Gasteiger charge is 2.15. The van der Waals surface area contributed by atoms with Crippen LogP contribution < -0.4 is 5.32 Å². The first kappa shape index (κ1) is 11.0. The number of oxazole rings is 1. The highest BCUT2D eigenvalue weighted by Crippen LogP contribution is 2.22. The summed E-state index contributed by atoms with van der Waals surface area (Å²) >= 11 is 2.06. The molecule has 0 radical (unpaired) electrons. The van der Waals surface area contributed by atoms with Gasteiger partial charge in [-0.25, -0.2) is 4.98 Å². The first-order chi connectivity index (χ1) is 7.25. The smallest absolute Gasteiger partial charge is 0.208 e. The Balaban J connectivity index is 1.73. The third-order valence-electron chi connectivity index (χ3n) is 2.81. The second-order valence-corrected chi connectivity index (χ2v) is 5.26. The minimum Gasteiger partial charge on any atom is -0.444 e. The van der Waals surface area contributed by atoms with E-state index in [9.17, 15) is 0 Å². The highest BCUT2D eigenvalue weighted by molar-refractivity contribution is 7.99. The molecular weight excluding hydrogens is 208 g/mol. The number of nitrogens with one attached hydrogen (secondary N) is 1. The standard InChI is InChI=1S/C11H18N2OS/c1-8-9(2)14-11(13-8)6-12-5-10-3-4-15-7-10/h10,12H,3-7H2,1-2H3. The van der Waals surface area contributed by atoms with Crippen molar-refractivity contribution >= 4 is 11.8 Å². The van der Waals surface area contributed by atoms with Gasteiger partial charge in [0.25, 0.3) is 0 Å². The zero-order valence-corrected chi connectivity index (χ0v) is 10.2. The Labute approximate surface area is 95.0 Å². The molecule has 0 aliphatic carbocycles. The second kappa shape index (κ2) is 5.03. The fourth-order valence-corrected chi connectivity index (χ4v) is 3.03. The van der Waals surface area contributed by atoms with E-state index in [0.29, 0.717) is 0 Å². The van der Waals surface area contributed by atoms with E-state index < -0.39 is 0 Å². The molecule has 15 heavy (non-hydrogen) atoms. The molecule has 0 saturated carbocycles. The molecule has 1 atom stereocenters. The lowest BCUT2D eigenvalue weighted by molar-refractivity contribution is 0.432. The summed E-state index contributed by atoms with van der Waals surface area (Å²) in [5.74, 6) is 5.21. The number of hydrogen-bond acceptors (Lipinski definition) is 4. The van der Waals surface area contributed by atoms with Gasteiger partial charge in [0.1, 0.15) is 5.76 Å². The average Bonchev–Trinajstić information content (AvgIpc) is 2.79. The number of nitrogens with zero attached hydrogens (tertiary/aromatic N) is 1. The molecular formula is C11H18N2OS. The molecule has 1 saturated heterocycles. The number of thioether (sulfide) groups is 1. The van der Waals surface area contributed by atoms with Crippen LogP contribution in [0.4, 0.5) is 0 Å². The minimum atomic E-state index is 0.760. The van der Waals surface area contributed by atoms with Crippen LogP contribution in [0.5, 0.6) is 0 Å². The van der Waals surface area contributed by atoms with Gasteiger partial charge in [-0.15, -0.1) is 0 Å². The number of aromatic nitrogens is 1. The zero-order valence-electron chi connectivity index (χ0n) is 9.38. The average molecular weight is 226 g/mol. The van der Waals surface area contributed by atoms with Crippen LogP contribution in [0.25, 0.3) is 0 Å². The summed E-state index contributed by atoms with van der Waals surface area (Å²) in [6.07, 6.45) is 1.35. The molecule has 2 rings (SSSR count). The molecule has 1 aliphatic heterocycles. The molecule has 84 valence electrons. The van der Waals surface area contributed by atoms with E-state index >= 15 is 0 Å². The maximum Gasteiger partial charge on any atom is 0.208 e. The Kier molecular flexibility index (Phi) is 3.70. The predicted molar refractivity (Wildman–Crippen MR) is 63.1 cm³/mol. The summed E-state index contributed by atoms with van der Waals surface area (Å²) in [5, 5.41) is 3.41. The van der Waals surface area contributed by atoms with Gasteiger partial charge in [-0.2, -0.15) is 11.8 Å². The van der Waals surface area contributed by atoms with Crippen LogP contribution in [-0.2, 0) is 6.54 Å². The first-order valence-corrected chi connectivity index (χ1v) is 6.62. The molecule has 1 fully saturated rings. The van der Waals surface area contributed by atoms with Gasteiger partial charge >= 0.3 is 0 Å². The van der Waals surface area contributed by atoms with Gasteiger partial charge < -0.3 is 9.73 Å². The van der Waals surface area contributed by atoms with Gasteiger partial charge in [-0.3, -0.25) is 0 Å². The Morgan fingerprint density at radius 2 is 2.40 bits per heavy atom. The minimum absolute atomic E-state index is 0.760. The Hall–Kier alpha value is -0.480. The molecule has 4 heteroatoms. The van der Waals surface area contributed by atoms with Gasteiger partial charge in [0.15, 0.2) is 0 Å². The van der Waals surface area contributed by atoms with Crippen molar-refractivity contribution < 1.29 is 4.42 Å². The van der Waals surface area contributed by atoms with Crippen LogP contribution in [0, 0.1) is 19.8 Å². The molecule has 1 aromatic rings. The monoisotopic (exact) mass is 226 g/mol. The van der Waals surface area contributed by atoms with Crippen LogP contribution in [0.15, 0.2) is 4.42 Å². The van der Waals surface area contributed by atoms with E-state index in [1.165, 1.54) is 17.9 Å². The van der Waals surface area contributed by atoms with Crippen LogP contribution >= 0.6 is 11.8 Å². The van der Waals surface area contributed by atoms with Crippen molar-refractivity contribution in [1.29, 1.82) is 0 Å². The van der Waals surface area contributed by atoms with Crippen LogP contribution in [-0.4, -0.2) is 23.0 Å². The van der Waals surface area contributed by atoms with Gasteiger partial charge in [0.05, 0.1) is 12.2 Å². The summed E-state index contributed by atoms with van der Waals surface area (Å²) in [4.78, 5) is 4.34. The lowest BCUT2D eigenvalue weighted by Gasteiger charge is -2.07. The summed E-state index contributed by atoms with van der Waals surface area (Å²) < 4.78 is 5.50. The maximum absolute atomic E-state index is 5.50. The third-order valence-corrected chi connectivity index (χ3v) is 4.04. The maximum atomic E-state index is 5.50. The summed E-state index contributed by atoms with van der Waals surface area (Å²) in [6.45, 7) is 5.79. The van der Waals surface area contributed by atoms with Crippen molar-refractivity contribution in [2.24, 2.45) is 5.92 Å². The molecule has 0 aromatic carbocycles. The van der Waals surface area contributed by atoms with Crippen molar-refractivity contribution in [3.63, 3.8) is 0 Å². The van der Waals surface area contributed by atoms with E-state index in [1.54, 1.807) is 0 Å². The van der Waals surface area contributed by atoms with Gasteiger partial charge in [0, 0.05) is 0 Å². The lowest BCUT2D eigenvalue weighted by atomic mass is 10.1. The van der Waals surface area contributed by atoms with E-state index in [1.807, 2.05) is 13.8 Å². The van der Waals surface area contributed by atoms with Crippen LogP contribution in [0.1, 0.15) is 23.8 Å². The van der Waals surface area contributed by atoms with E-state index in [0.717, 1.165) is 36.4 Å². The number of rotatable bonds is 4. The number of hydrogen-bond donors (Lipinski definition) is 1. The lowest BCUT2D eigenvalue weighted by Crippen LogP contribution is -2.22. The van der Waals surface area contributed by atoms with Gasteiger partial charge in [-0.05, 0) is 44.2 Å². The zero-order chi connectivity index (χ0) is 10.7. The van der Waals surface area contributed by atoms with Gasteiger partial charge in [-0.1, -0.05) is 0 Å². The SMILES string of the molecule is Cc1nc(CNCC2CCSC2)oc1C. The van der Waals surface area contributed by atoms with E-state index in [-0.39, 0.29) is 0 Å². The van der Waals surface area contributed by atoms with Gasteiger partial charge in [0.2, 0.25) is 5.89 Å². The van der Waals surface area contributed by atoms with Crippen LogP contribution in [0.3, 0.4) is 0 Å². The molecule has 1 unspecified atom stereocenters. The quantitative estimate of drug-likeness (QED) is 0.853. The Bertz CT molecular complexity index is 299. The molecule has 1 aliphatic rings. The summed E-state index contributed by atoms with van der Waals surface area (Å²) in [7, 11) is 0. The first-order valence-electron chi connectivity index (χ1n) is 5.47. The predicted octanol–water partition coefficient (Wildman–Crippen LogP) is 2.13. The fourth-order valence-electron chi connectivity index (χ4n) is 1.74. The topological polar surface area (TPSA) is 38.1 Å². The van der Waals surface area contributed by atoms with Crippen molar-refractivity contribution in [2.75, 3.05) is 18.1 Å². The molecule has 3 nitrogen and oxygen atoms in total. The summed E-state index contributed by atoms with van der Waals surface area (Å²) in [5.41, 5.74) is 1.00. The van der Waals surface area contributed by atoms with Crippen molar-refractivity contribution in [2.45, 2.75) is 26.8 Å². The second-order valence-electron chi connectivity index (χ2n) is 4.11. The third kappa shape index (κ3) is 2.98. The Morgan fingerprint density at radius 3 is 3.00 bits per heavy atom. The van der Waals surface area contributed by atoms with E-state index in [2.05, 4.69) is 22.1 Å². The summed E-state index contributed by atoms with van der Waals surface area (Å²) in [6, 6.07) is 0. The Morgan fingerprint density at radius 1 is 1.53 bits per heavy atom.